The number of phenols is 1. The maximum absolute atomic E-state index is 12.6. The molecule has 9 nitrogen and oxygen atoms in total. The SMILES string of the molecule is Cn1c(-c2cccc(NC(=O)C(=O)Nc3nc4ccc(Br)cc4s3)c2)c(I)c2cc(C(=O)O)c(O)cc21. The van der Waals surface area contributed by atoms with Gasteiger partial charge >= 0.3 is 17.8 Å². The summed E-state index contributed by atoms with van der Waals surface area (Å²) in [6.07, 6.45) is 0. The summed E-state index contributed by atoms with van der Waals surface area (Å²) in [5, 5.41) is 25.6. The molecule has 0 saturated heterocycles. The highest BCUT2D eigenvalue weighted by atomic mass is 127. The Morgan fingerprint density at radius 1 is 1.05 bits per heavy atom. The molecule has 0 aliphatic heterocycles. The Morgan fingerprint density at radius 2 is 1.81 bits per heavy atom. The zero-order valence-corrected chi connectivity index (χ0v) is 23.4. The van der Waals surface area contributed by atoms with E-state index in [1.807, 2.05) is 28.8 Å². The van der Waals surface area contributed by atoms with Gasteiger partial charge in [-0.05, 0) is 59.0 Å². The van der Waals surface area contributed by atoms with Crippen LogP contribution in [0.1, 0.15) is 10.4 Å². The quantitative estimate of drug-likeness (QED) is 0.139. The molecule has 2 amide bonds. The fourth-order valence-electron chi connectivity index (χ4n) is 3.96. The Kier molecular flexibility index (Phi) is 6.64. The van der Waals surface area contributed by atoms with Crippen LogP contribution >= 0.6 is 49.9 Å². The van der Waals surface area contributed by atoms with Crippen molar-refractivity contribution in [3.63, 3.8) is 0 Å². The van der Waals surface area contributed by atoms with Crippen LogP contribution in [0.3, 0.4) is 0 Å². The van der Waals surface area contributed by atoms with Crippen molar-refractivity contribution in [2.75, 3.05) is 10.6 Å². The molecule has 12 heteroatoms. The van der Waals surface area contributed by atoms with Crippen LogP contribution in [0.4, 0.5) is 10.8 Å². The molecule has 0 aliphatic carbocycles. The first-order valence-corrected chi connectivity index (χ1v) is 13.3. The predicted octanol–water partition coefficient (Wildman–Crippen LogP) is 5.80. The summed E-state index contributed by atoms with van der Waals surface area (Å²) >= 11 is 6.78. The number of carboxylic acids is 1. The van der Waals surface area contributed by atoms with Gasteiger partial charge in [0.1, 0.15) is 11.3 Å². The number of carboxylic acid groups (broad SMARTS) is 1. The average Bonchev–Trinajstić information content (AvgIpc) is 3.35. The lowest BCUT2D eigenvalue weighted by Gasteiger charge is -2.09. The van der Waals surface area contributed by atoms with Crippen LogP contribution in [-0.2, 0) is 16.6 Å². The first-order chi connectivity index (χ1) is 17.6. The molecular formula is C25H16BrIN4O5S. The number of aromatic hydroxyl groups is 1. The molecule has 5 rings (SSSR count). The van der Waals surface area contributed by atoms with Gasteiger partial charge in [-0.15, -0.1) is 0 Å². The second-order valence-electron chi connectivity index (χ2n) is 8.03. The number of nitrogens with zero attached hydrogens (tertiary/aromatic N) is 2. The molecule has 0 saturated carbocycles. The summed E-state index contributed by atoms with van der Waals surface area (Å²) in [6, 6.07) is 15.4. The third-order valence-electron chi connectivity index (χ3n) is 5.66. The smallest absolute Gasteiger partial charge is 0.339 e. The largest absolute Gasteiger partial charge is 0.507 e. The first kappa shape index (κ1) is 25.2. The van der Waals surface area contributed by atoms with Gasteiger partial charge in [0, 0.05) is 37.8 Å². The lowest BCUT2D eigenvalue weighted by atomic mass is 10.1. The van der Waals surface area contributed by atoms with E-state index in [1.54, 1.807) is 25.2 Å². The molecule has 37 heavy (non-hydrogen) atoms. The number of thiazole rings is 1. The van der Waals surface area contributed by atoms with Crippen molar-refractivity contribution in [2.45, 2.75) is 0 Å². The number of hydrogen-bond donors (Lipinski definition) is 4. The van der Waals surface area contributed by atoms with E-state index in [0.29, 0.717) is 27.2 Å². The third-order valence-corrected chi connectivity index (χ3v) is 8.18. The number of amides is 2. The number of aromatic carboxylic acids is 1. The number of carbonyl (C=O) groups excluding carboxylic acids is 2. The number of anilines is 2. The molecule has 0 fully saturated rings. The molecule has 0 radical (unpaired) electrons. The number of carbonyl (C=O) groups is 3. The van der Waals surface area contributed by atoms with Crippen molar-refractivity contribution in [2.24, 2.45) is 7.05 Å². The number of rotatable bonds is 4. The van der Waals surface area contributed by atoms with Crippen LogP contribution in [0.5, 0.6) is 5.75 Å². The zero-order chi connectivity index (χ0) is 26.4. The van der Waals surface area contributed by atoms with E-state index in [4.69, 9.17) is 0 Å². The van der Waals surface area contributed by atoms with E-state index in [1.165, 1.54) is 23.5 Å². The number of fused-ring (bicyclic) bond motifs is 2. The minimum absolute atomic E-state index is 0.185. The molecule has 186 valence electrons. The van der Waals surface area contributed by atoms with Crippen molar-refractivity contribution >= 4 is 99.6 Å². The maximum Gasteiger partial charge on any atom is 0.339 e. The second-order valence-corrected chi connectivity index (χ2v) is 11.1. The molecular weight excluding hydrogens is 675 g/mol. The Hall–Kier alpha value is -3.49. The van der Waals surface area contributed by atoms with Crippen LogP contribution in [0.25, 0.3) is 32.4 Å². The summed E-state index contributed by atoms with van der Waals surface area (Å²) in [5.41, 5.74) is 3.08. The van der Waals surface area contributed by atoms with Gasteiger partial charge in [0.05, 0.1) is 21.4 Å². The highest BCUT2D eigenvalue weighted by Gasteiger charge is 2.21. The predicted molar refractivity (Wildman–Crippen MR) is 154 cm³/mol. The molecule has 2 aromatic heterocycles. The monoisotopic (exact) mass is 690 g/mol. The van der Waals surface area contributed by atoms with Crippen LogP contribution in [0, 0.1) is 3.57 Å². The minimum Gasteiger partial charge on any atom is -0.507 e. The van der Waals surface area contributed by atoms with E-state index in [0.717, 1.165) is 24.0 Å². The van der Waals surface area contributed by atoms with Crippen LogP contribution in [0.15, 0.2) is 59.1 Å². The Labute approximate surface area is 235 Å². The fraction of sp³-hybridized carbons (Fsp3) is 0.0400. The van der Waals surface area contributed by atoms with Crippen molar-refractivity contribution in [3.8, 4) is 17.0 Å². The van der Waals surface area contributed by atoms with Gasteiger partial charge in [-0.2, -0.15) is 0 Å². The lowest BCUT2D eigenvalue weighted by molar-refractivity contribution is -0.132. The molecule has 2 heterocycles. The van der Waals surface area contributed by atoms with E-state index in [9.17, 15) is 24.6 Å². The van der Waals surface area contributed by atoms with Crippen molar-refractivity contribution in [1.82, 2.24) is 9.55 Å². The number of aryl methyl sites for hydroxylation is 1. The topological polar surface area (TPSA) is 134 Å². The molecule has 5 aromatic rings. The number of nitrogens with one attached hydrogen (secondary N) is 2. The Bertz CT molecular complexity index is 1760. The highest BCUT2D eigenvalue weighted by molar-refractivity contribution is 14.1. The van der Waals surface area contributed by atoms with Gasteiger partial charge in [-0.1, -0.05) is 39.4 Å². The molecule has 0 aliphatic rings. The van der Waals surface area contributed by atoms with Crippen molar-refractivity contribution < 1.29 is 24.6 Å². The number of benzene rings is 3. The summed E-state index contributed by atoms with van der Waals surface area (Å²) in [7, 11) is 1.80. The average molecular weight is 691 g/mol. The van der Waals surface area contributed by atoms with E-state index in [2.05, 4.69) is 54.1 Å². The molecule has 0 unspecified atom stereocenters. The lowest BCUT2D eigenvalue weighted by Crippen LogP contribution is -2.29. The van der Waals surface area contributed by atoms with Gasteiger partial charge in [-0.25, -0.2) is 9.78 Å². The van der Waals surface area contributed by atoms with E-state index < -0.39 is 17.8 Å². The van der Waals surface area contributed by atoms with Gasteiger partial charge in [0.2, 0.25) is 0 Å². The number of hydrogen-bond acceptors (Lipinski definition) is 6. The van der Waals surface area contributed by atoms with Gasteiger partial charge in [0.15, 0.2) is 5.13 Å². The summed E-state index contributed by atoms with van der Waals surface area (Å²) in [5.74, 6) is -3.24. The summed E-state index contributed by atoms with van der Waals surface area (Å²) < 4.78 is 4.37. The van der Waals surface area contributed by atoms with Gasteiger partial charge < -0.3 is 20.1 Å². The normalized spacial score (nSPS) is 11.1. The first-order valence-electron chi connectivity index (χ1n) is 10.7. The Balaban J connectivity index is 1.40. The summed E-state index contributed by atoms with van der Waals surface area (Å²) in [6.45, 7) is 0. The number of aromatic nitrogens is 2. The van der Waals surface area contributed by atoms with Gasteiger partial charge in [0.25, 0.3) is 0 Å². The Morgan fingerprint density at radius 3 is 2.57 bits per heavy atom. The number of halogens is 2. The second kappa shape index (κ2) is 9.76. The maximum atomic E-state index is 12.6. The van der Waals surface area contributed by atoms with Crippen LogP contribution < -0.4 is 10.6 Å². The third kappa shape index (κ3) is 4.79. The molecule has 0 spiro atoms. The van der Waals surface area contributed by atoms with E-state index >= 15 is 0 Å². The van der Waals surface area contributed by atoms with Crippen LogP contribution in [0.2, 0.25) is 0 Å². The van der Waals surface area contributed by atoms with Crippen LogP contribution in [-0.4, -0.2) is 37.5 Å². The molecule has 0 bridgehead atoms. The molecule has 0 atom stereocenters. The molecule has 3 aromatic carbocycles. The molecule has 4 N–H and O–H groups in total. The minimum atomic E-state index is -1.22. The zero-order valence-electron chi connectivity index (χ0n) is 18.9. The van der Waals surface area contributed by atoms with Crippen molar-refractivity contribution in [3.05, 3.63) is 68.2 Å². The summed E-state index contributed by atoms with van der Waals surface area (Å²) in [4.78, 5) is 40.9. The van der Waals surface area contributed by atoms with Gasteiger partial charge in [-0.3, -0.25) is 14.9 Å². The fourth-order valence-corrected chi connectivity index (χ4v) is 6.47. The van der Waals surface area contributed by atoms with E-state index in [-0.39, 0.29) is 11.3 Å². The standard InChI is InChI=1S/C25H16BrIN4O5S/c1-31-17-10-18(32)15(24(35)36)9-14(17)20(27)21(31)11-3-2-4-13(7-11)28-22(33)23(34)30-25-29-16-6-5-12(26)8-19(16)37-25/h2-10,32H,1H3,(H,28,33)(H,35,36)(H,29,30,34). The highest BCUT2D eigenvalue weighted by Crippen LogP contribution is 2.37. The van der Waals surface area contributed by atoms with Crippen molar-refractivity contribution in [1.29, 1.82) is 0 Å².